The van der Waals surface area contributed by atoms with E-state index in [1.165, 1.54) is 5.56 Å². The predicted octanol–water partition coefficient (Wildman–Crippen LogP) is 1.98. The van der Waals surface area contributed by atoms with E-state index in [0.29, 0.717) is 5.75 Å². The van der Waals surface area contributed by atoms with Crippen molar-refractivity contribution >= 4 is 0 Å². The molecule has 0 aliphatic rings. The van der Waals surface area contributed by atoms with Crippen molar-refractivity contribution in [2.75, 3.05) is 0 Å². The molecule has 1 aromatic rings. The highest BCUT2D eigenvalue weighted by Crippen LogP contribution is 2.17. The van der Waals surface area contributed by atoms with Crippen LogP contribution < -0.4 is 5.73 Å². The van der Waals surface area contributed by atoms with Gasteiger partial charge < -0.3 is 10.8 Å². The van der Waals surface area contributed by atoms with Crippen molar-refractivity contribution in [2.45, 2.75) is 32.7 Å². The lowest BCUT2D eigenvalue weighted by Gasteiger charge is -2.06. The highest BCUT2D eigenvalue weighted by molar-refractivity contribution is 5.34. The predicted molar refractivity (Wildman–Crippen MR) is 54.8 cm³/mol. The minimum Gasteiger partial charge on any atom is -0.508 e. The molecule has 13 heavy (non-hydrogen) atoms. The molecule has 0 saturated heterocycles. The summed E-state index contributed by atoms with van der Waals surface area (Å²) >= 11 is 0. The monoisotopic (exact) mass is 179 g/mol. The van der Waals surface area contributed by atoms with Gasteiger partial charge >= 0.3 is 0 Å². The lowest BCUT2D eigenvalue weighted by Crippen LogP contribution is -2.15. The van der Waals surface area contributed by atoms with E-state index in [2.05, 4.69) is 0 Å². The average molecular weight is 179 g/mol. The van der Waals surface area contributed by atoms with E-state index in [1.54, 1.807) is 6.07 Å². The van der Waals surface area contributed by atoms with E-state index in [0.717, 1.165) is 18.4 Å². The highest BCUT2D eigenvalue weighted by Gasteiger charge is 1.99. The van der Waals surface area contributed by atoms with E-state index >= 15 is 0 Å². The molecular formula is C11H17NO. The van der Waals surface area contributed by atoms with Gasteiger partial charge in [0.15, 0.2) is 0 Å². The number of phenolic OH excluding ortho intramolecular Hbond substituents is 1. The Morgan fingerprint density at radius 2 is 2.15 bits per heavy atom. The second kappa shape index (κ2) is 4.28. The van der Waals surface area contributed by atoms with Crippen molar-refractivity contribution in [2.24, 2.45) is 5.73 Å². The van der Waals surface area contributed by atoms with E-state index in [1.807, 2.05) is 26.0 Å². The maximum absolute atomic E-state index is 9.30. The molecule has 0 radical (unpaired) electrons. The first-order valence-corrected chi connectivity index (χ1v) is 4.63. The summed E-state index contributed by atoms with van der Waals surface area (Å²) in [4.78, 5) is 0. The summed E-state index contributed by atoms with van der Waals surface area (Å²) in [5, 5.41) is 9.30. The number of hydrogen-bond donors (Lipinski definition) is 2. The molecule has 1 rings (SSSR count). The molecule has 0 saturated carbocycles. The number of nitrogens with two attached hydrogens (primary N) is 1. The van der Waals surface area contributed by atoms with Gasteiger partial charge in [0.25, 0.3) is 0 Å². The van der Waals surface area contributed by atoms with Crippen molar-refractivity contribution in [1.29, 1.82) is 0 Å². The van der Waals surface area contributed by atoms with Crippen LogP contribution in [-0.4, -0.2) is 11.1 Å². The van der Waals surface area contributed by atoms with Crippen LogP contribution in [0.4, 0.5) is 0 Å². The quantitative estimate of drug-likeness (QED) is 0.745. The van der Waals surface area contributed by atoms with Gasteiger partial charge in [-0.3, -0.25) is 0 Å². The van der Waals surface area contributed by atoms with Crippen molar-refractivity contribution in [3.8, 4) is 5.75 Å². The van der Waals surface area contributed by atoms with Gasteiger partial charge in [0.1, 0.15) is 5.75 Å². The topological polar surface area (TPSA) is 46.2 Å². The Morgan fingerprint density at radius 1 is 1.46 bits per heavy atom. The minimum atomic E-state index is 0.245. The normalized spacial score (nSPS) is 12.8. The van der Waals surface area contributed by atoms with Crippen LogP contribution in [0.5, 0.6) is 5.75 Å². The Hall–Kier alpha value is -1.02. The molecule has 0 fully saturated rings. The zero-order valence-electron chi connectivity index (χ0n) is 8.25. The summed E-state index contributed by atoms with van der Waals surface area (Å²) in [5.41, 5.74) is 7.83. The molecule has 0 unspecified atom stereocenters. The van der Waals surface area contributed by atoms with Crippen molar-refractivity contribution in [3.05, 3.63) is 29.3 Å². The molecule has 2 nitrogen and oxygen atoms in total. The van der Waals surface area contributed by atoms with Crippen LogP contribution in [-0.2, 0) is 6.42 Å². The molecule has 3 N–H and O–H groups in total. The van der Waals surface area contributed by atoms with Gasteiger partial charge in [0.05, 0.1) is 0 Å². The van der Waals surface area contributed by atoms with Gasteiger partial charge in [-0.15, -0.1) is 0 Å². The summed E-state index contributed by atoms with van der Waals surface area (Å²) in [6.07, 6.45) is 1.98. The number of hydrogen-bond acceptors (Lipinski definition) is 2. The zero-order chi connectivity index (χ0) is 9.84. The van der Waals surface area contributed by atoms with Gasteiger partial charge in [-0.2, -0.15) is 0 Å². The SMILES string of the molecule is Cc1cc(CC[C@@H](C)N)ccc1O. The first kappa shape index (κ1) is 10.1. The second-order valence-corrected chi connectivity index (χ2v) is 3.64. The van der Waals surface area contributed by atoms with E-state index < -0.39 is 0 Å². The molecule has 1 atom stereocenters. The molecule has 0 amide bonds. The Bertz CT molecular complexity index is 281. The number of rotatable bonds is 3. The van der Waals surface area contributed by atoms with Crippen LogP contribution in [0, 0.1) is 6.92 Å². The standard InChI is InChI=1S/C11H17NO/c1-8-7-10(4-3-9(2)12)5-6-11(8)13/h5-7,9,13H,3-4,12H2,1-2H3/t9-/m1/s1. The summed E-state index contributed by atoms with van der Waals surface area (Å²) < 4.78 is 0. The third-order valence-electron chi connectivity index (χ3n) is 2.15. The number of aryl methyl sites for hydroxylation is 2. The van der Waals surface area contributed by atoms with E-state index in [-0.39, 0.29) is 6.04 Å². The Balaban J connectivity index is 2.63. The van der Waals surface area contributed by atoms with Gasteiger partial charge in [-0.1, -0.05) is 12.1 Å². The number of aromatic hydroxyl groups is 1. The molecule has 0 aliphatic heterocycles. The fraction of sp³-hybridized carbons (Fsp3) is 0.455. The van der Waals surface area contributed by atoms with Crippen molar-refractivity contribution < 1.29 is 5.11 Å². The third-order valence-corrected chi connectivity index (χ3v) is 2.15. The van der Waals surface area contributed by atoms with Crippen molar-refractivity contribution in [3.63, 3.8) is 0 Å². The smallest absolute Gasteiger partial charge is 0.118 e. The van der Waals surface area contributed by atoms with Gasteiger partial charge in [-0.05, 0) is 43.9 Å². The molecule has 0 spiro atoms. The molecule has 0 aliphatic carbocycles. The lowest BCUT2D eigenvalue weighted by molar-refractivity contribution is 0.470. The first-order chi connectivity index (χ1) is 6.09. The number of benzene rings is 1. The Kier molecular flexibility index (Phi) is 3.32. The fourth-order valence-corrected chi connectivity index (χ4v) is 1.27. The molecule has 0 heterocycles. The molecular weight excluding hydrogens is 162 g/mol. The molecule has 72 valence electrons. The summed E-state index contributed by atoms with van der Waals surface area (Å²) in [7, 11) is 0. The molecule has 0 aromatic heterocycles. The van der Waals surface area contributed by atoms with Crippen LogP contribution in [0.3, 0.4) is 0 Å². The first-order valence-electron chi connectivity index (χ1n) is 4.63. The van der Waals surface area contributed by atoms with Crippen molar-refractivity contribution in [1.82, 2.24) is 0 Å². The van der Waals surface area contributed by atoms with E-state index in [4.69, 9.17) is 5.73 Å². The Morgan fingerprint density at radius 3 is 2.69 bits per heavy atom. The maximum Gasteiger partial charge on any atom is 0.118 e. The summed E-state index contributed by atoms with van der Waals surface area (Å²) in [6.45, 7) is 3.91. The maximum atomic E-state index is 9.30. The van der Waals surface area contributed by atoms with Crippen LogP contribution in [0.2, 0.25) is 0 Å². The Labute approximate surface area is 79.4 Å². The molecule has 0 bridgehead atoms. The largest absolute Gasteiger partial charge is 0.508 e. The van der Waals surface area contributed by atoms with Gasteiger partial charge in [0, 0.05) is 6.04 Å². The molecule has 2 heteroatoms. The van der Waals surface area contributed by atoms with Gasteiger partial charge in [0.2, 0.25) is 0 Å². The third kappa shape index (κ3) is 3.07. The average Bonchev–Trinajstić information content (AvgIpc) is 2.07. The highest BCUT2D eigenvalue weighted by atomic mass is 16.3. The van der Waals surface area contributed by atoms with Crippen LogP contribution >= 0.6 is 0 Å². The zero-order valence-corrected chi connectivity index (χ0v) is 8.25. The summed E-state index contributed by atoms with van der Waals surface area (Å²) in [6, 6.07) is 5.95. The van der Waals surface area contributed by atoms with Crippen LogP contribution in [0.1, 0.15) is 24.5 Å². The number of phenols is 1. The van der Waals surface area contributed by atoms with Gasteiger partial charge in [-0.25, -0.2) is 0 Å². The van der Waals surface area contributed by atoms with Crippen LogP contribution in [0.15, 0.2) is 18.2 Å². The fourth-order valence-electron chi connectivity index (χ4n) is 1.27. The van der Waals surface area contributed by atoms with Crippen LogP contribution in [0.25, 0.3) is 0 Å². The molecule has 1 aromatic carbocycles. The van der Waals surface area contributed by atoms with E-state index in [9.17, 15) is 5.11 Å². The lowest BCUT2D eigenvalue weighted by atomic mass is 10.0. The summed E-state index contributed by atoms with van der Waals surface area (Å²) in [5.74, 6) is 0.365. The minimum absolute atomic E-state index is 0.245. The second-order valence-electron chi connectivity index (χ2n) is 3.64.